The zero-order valence-corrected chi connectivity index (χ0v) is 11.8. The van der Waals surface area contributed by atoms with Crippen molar-refractivity contribution in [3.05, 3.63) is 59.9 Å². The van der Waals surface area contributed by atoms with Crippen LogP contribution in [0, 0.1) is 5.82 Å². The van der Waals surface area contributed by atoms with E-state index in [1.54, 1.807) is 36.4 Å². The van der Waals surface area contributed by atoms with Crippen molar-refractivity contribution in [1.82, 2.24) is 0 Å². The first-order valence-electron chi connectivity index (χ1n) is 6.13. The van der Waals surface area contributed by atoms with Crippen LogP contribution in [0.15, 0.2) is 48.5 Å². The molecule has 6 heteroatoms. The van der Waals surface area contributed by atoms with Crippen LogP contribution < -0.4 is 15.8 Å². The molecule has 4 nitrogen and oxygen atoms in total. The fraction of sp³-hybridized carbons (Fsp3) is 0.0667. The molecule has 0 fully saturated rings. The van der Waals surface area contributed by atoms with Gasteiger partial charge in [-0.15, -0.1) is 0 Å². The molecule has 0 radical (unpaired) electrons. The number of ether oxygens (including phenoxy) is 1. The summed E-state index contributed by atoms with van der Waals surface area (Å²) in [5.74, 6) is -0.494. The Kier molecular flexibility index (Phi) is 4.84. The highest BCUT2D eigenvalue weighted by atomic mass is 32.1. The number of amides is 1. The highest BCUT2D eigenvalue weighted by Gasteiger charge is 2.07. The summed E-state index contributed by atoms with van der Waals surface area (Å²) in [5, 5.41) is 2.43. The van der Waals surface area contributed by atoms with Gasteiger partial charge in [0, 0.05) is 5.56 Å². The summed E-state index contributed by atoms with van der Waals surface area (Å²) in [6.07, 6.45) is 0. The van der Waals surface area contributed by atoms with Crippen LogP contribution in [0.1, 0.15) is 5.56 Å². The summed E-state index contributed by atoms with van der Waals surface area (Å²) in [6.45, 7) is -0.241. The van der Waals surface area contributed by atoms with E-state index >= 15 is 0 Å². The smallest absolute Gasteiger partial charge is 0.262 e. The number of carbonyl (C=O) groups excluding carboxylic acids is 1. The molecular weight excluding hydrogens is 291 g/mol. The Morgan fingerprint density at radius 1 is 1.24 bits per heavy atom. The minimum atomic E-state index is -0.499. The van der Waals surface area contributed by atoms with Gasteiger partial charge >= 0.3 is 0 Å². The van der Waals surface area contributed by atoms with Gasteiger partial charge in [0.05, 0.1) is 5.69 Å². The van der Waals surface area contributed by atoms with E-state index in [-0.39, 0.29) is 17.3 Å². The summed E-state index contributed by atoms with van der Waals surface area (Å²) in [7, 11) is 0. The molecular formula is C15H13FN2O2S. The lowest BCUT2D eigenvalue weighted by Crippen LogP contribution is -2.21. The van der Waals surface area contributed by atoms with Crippen LogP contribution in [0.3, 0.4) is 0 Å². The second-order valence-electron chi connectivity index (χ2n) is 4.21. The van der Waals surface area contributed by atoms with E-state index in [1.165, 1.54) is 12.1 Å². The quantitative estimate of drug-likeness (QED) is 0.833. The fourth-order valence-electron chi connectivity index (χ4n) is 1.64. The Morgan fingerprint density at radius 2 is 2.00 bits per heavy atom. The lowest BCUT2D eigenvalue weighted by molar-refractivity contribution is -0.118. The Bertz CT molecular complexity index is 676. The van der Waals surface area contributed by atoms with Gasteiger partial charge in [-0.3, -0.25) is 4.79 Å². The van der Waals surface area contributed by atoms with Gasteiger partial charge in [-0.1, -0.05) is 36.5 Å². The van der Waals surface area contributed by atoms with Crippen LogP contribution in [0.4, 0.5) is 10.1 Å². The maximum atomic E-state index is 13.4. The molecule has 3 N–H and O–H groups in total. The average Bonchev–Trinajstić information content (AvgIpc) is 2.48. The minimum Gasteiger partial charge on any atom is -0.484 e. The number of carbonyl (C=O) groups is 1. The van der Waals surface area contributed by atoms with Crippen LogP contribution >= 0.6 is 12.2 Å². The molecule has 2 aromatic rings. The predicted molar refractivity (Wildman–Crippen MR) is 82.9 cm³/mol. The molecule has 0 heterocycles. The Labute approximate surface area is 126 Å². The SMILES string of the molecule is NC(=S)c1cccc(OCC(=O)Nc2ccccc2F)c1. The number of halogens is 1. The van der Waals surface area contributed by atoms with Crippen molar-refractivity contribution in [3.63, 3.8) is 0 Å². The second-order valence-corrected chi connectivity index (χ2v) is 4.65. The zero-order valence-electron chi connectivity index (χ0n) is 11.0. The molecule has 0 aliphatic heterocycles. The van der Waals surface area contributed by atoms with Crippen LogP contribution in [0.25, 0.3) is 0 Å². The van der Waals surface area contributed by atoms with E-state index in [9.17, 15) is 9.18 Å². The number of thiocarbonyl (C=S) groups is 1. The molecule has 1 amide bonds. The summed E-state index contributed by atoms with van der Waals surface area (Å²) in [4.78, 5) is 12.0. The number of nitrogens with one attached hydrogen (secondary N) is 1. The molecule has 0 aliphatic rings. The first-order chi connectivity index (χ1) is 10.1. The molecule has 21 heavy (non-hydrogen) atoms. The van der Waals surface area contributed by atoms with Gasteiger partial charge in [-0.05, 0) is 24.3 Å². The number of benzene rings is 2. The van der Waals surface area contributed by atoms with Crippen molar-refractivity contribution in [3.8, 4) is 5.75 Å². The molecule has 0 bridgehead atoms. The van der Waals surface area contributed by atoms with Gasteiger partial charge in [0.2, 0.25) is 0 Å². The Hall–Kier alpha value is -2.47. The largest absolute Gasteiger partial charge is 0.484 e. The molecule has 0 saturated heterocycles. The first kappa shape index (κ1) is 14.9. The van der Waals surface area contributed by atoms with E-state index in [0.29, 0.717) is 11.3 Å². The van der Waals surface area contributed by atoms with Gasteiger partial charge < -0.3 is 15.8 Å². The number of anilines is 1. The van der Waals surface area contributed by atoms with Crippen LogP contribution in [0.5, 0.6) is 5.75 Å². The van der Waals surface area contributed by atoms with E-state index < -0.39 is 11.7 Å². The standard InChI is InChI=1S/C15H13FN2O2S/c16-12-6-1-2-7-13(12)18-14(19)9-20-11-5-3-4-10(8-11)15(17)21/h1-8H,9H2,(H2,17,21)(H,18,19). The maximum absolute atomic E-state index is 13.4. The van der Waals surface area contributed by atoms with Gasteiger partial charge in [0.15, 0.2) is 6.61 Å². The number of hydrogen-bond donors (Lipinski definition) is 2. The fourth-order valence-corrected chi connectivity index (χ4v) is 1.76. The molecule has 2 rings (SSSR count). The van der Waals surface area contributed by atoms with E-state index in [0.717, 1.165) is 0 Å². The Balaban J connectivity index is 1.94. The van der Waals surface area contributed by atoms with Crippen molar-refractivity contribution in [1.29, 1.82) is 0 Å². The topological polar surface area (TPSA) is 64.3 Å². The van der Waals surface area contributed by atoms with Crippen LogP contribution in [-0.4, -0.2) is 17.5 Å². The monoisotopic (exact) mass is 304 g/mol. The normalized spacial score (nSPS) is 9.95. The molecule has 0 atom stereocenters. The molecule has 0 saturated carbocycles. The van der Waals surface area contributed by atoms with Crippen molar-refractivity contribution in [2.75, 3.05) is 11.9 Å². The van der Waals surface area contributed by atoms with Gasteiger partial charge in [0.25, 0.3) is 5.91 Å². The van der Waals surface area contributed by atoms with Gasteiger partial charge in [-0.25, -0.2) is 4.39 Å². The maximum Gasteiger partial charge on any atom is 0.262 e. The first-order valence-corrected chi connectivity index (χ1v) is 6.54. The molecule has 108 valence electrons. The highest BCUT2D eigenvalue weighted by molar-refractivity contribution is 7.80. The lowest BCUT2D eigenvalue weighted by Gasteiger charge is -2.09. The number of rotatable bonds is 5. The van der Waals surface area contributed by atoms with Gasteiger partial charge in [0.1, 0.15) is 16.6 Å². The molecule has 0 spiro atoms. The predicted octanol–water partition coefficient (Wildman–Crippen LogP) is 2.48. The van der Waals surface area contributed by atoms with Crippen molar-refractivity contribution < 1.29 is 13.9 Å². The van der Waals surface area contributed by atoms with Crippen molar-refractivity contribution >= 4 is 28.8 Å². The average molecular weight is 304 g/mol. The van der Waals surface area contributed by atoms with E-state index in [4.69, 9.17) is 22.7 Å². The van der Waals surface area contributed by atoms with Crippen molar-refractivity contribution in [2.24, 2.45) is 5.73 Å². The lowest BCUT2D eigenvalue weighted by atomic mass is 10.2. The summed E-state index contributed by atoms with van der Waals surface area (Å²) in [5.41, 5.74) is 6.28. The summed E-state index contributed by atoms with van der Waals surface area (Å²) >= 11 is 4.86. The molecule has 0 aliphatic carbocycles. The van der Waals surface area contributed by atoms with Crippen LogP contribution in [-0.2, 0) is 4.79 Å². The zero-order chi connectivity index (χ0) is 15.2. The molecule has 0 aromatic heterocycles. The second kappa shape index (κ2) is 6.81. The summed E-state index contributed by atoms with van der Waals surface area (Å²) < 4.78 is 18.7. The molecule has 0 unspecified atom stereocenters. The number of hydrogen-bond acceptors (Lipinski definition) is 3. The third kappa shape index (κ3) is 4.25. The Morgan fingerprint density at radius 3 is 2.71 bits per heavy atom. The summed E-state index contributed by atoms with van der Waals surface area (Å²) in [6, 6.07) is 12.7. The third-order valence-corrected chi connectivity index (χ3v) is 2.87. The van der Waals surface area contributed by atoms with E-state index in [1.807, 2.05) is 0 Å². The number of para-hydroxylation sites is 1. The molecule has 2 aromatic carbocycles. The van der Waals surface area contributed by atoms with E-state index in [2.05, 4.69) is 5.32 Å². The van der Waals surface area contributed by atoms with Crippen LogP contribution in [0.2, 0.25) is 0 Å². The number of nitrogens with two attached hydrogens (primary N) is 1. The third-order valence-electron chi connectivity index (χ3n) is 2.64. The van der Waals surface area contributed by atoms with Crippen molar-refractivity contribution in [2.45, 2.75) is 0 Å². The highest BCUT2D eigenvalue weighted by Crippen LogP contribution is 2.14. The minimum absolute atomic E-state index is 0.114. The van der Waals surface area contributed by atoms with Gasteiger partial charge in [-0.2, -0.15) is 0 Å².